The van der Waals surface area contributed by atoms with Gasteiger partial charge in [-0.2, -0.15) is 13.2 Å². The number of alkyl halides is 3. The number of ether oxygens (including phenoxy) is 1. The van der Waals surface area contributed by atoms with Crippen molar-refractivity contribution in [2.45, 2.75) is 43.3 Å². The van der Waals surface area contributed by atoms with E-state index in [1.54, 1.807) is 7.11 Å². The topological polar surface area (TPSA) is 74.6 Å². The minimum Gasteiger partial charge on any atom is -0.497 e. The molecule has 146 valence electrons. The monoisotopic (exact) mass is 382 g/mol. The fourth-order valence-electron chi connectivity index (χ4n) is 3.44. The van der Waals surface area contributed by atoms with Crippen LogP contribution in [0, 0.1) is 0 Å². The first-order chi connectivity index (χ1) is 12.8. The van der Waals surface area contributed by atoms with E-state index in [9.17, 15) is 23.4 Å². The van der Waals surface area contributed by atoms with Gasteiger partial charge in [0.15, 0.2) is 0 Å². The summed E-state index contributed by atoms with van der Waals surface area (Å²) >= 11 is 0. The predicted octanol–water partition coefficient (Wildman–Crippen LogP) is 2.48. The Labute approximate surface area is 154 Å². The second kappa shape index (κ2) is 7.84. The highest BCUT2D eigenvalue weighted by atomic mass is 19.4. The molecule has 0 bridgehead atoms. The summed E-state index contributed by atoms with van der Waals surface area (Å²) in [5, 5.41) is 23.6. The summed E-state index contributed by atoms with van der Waals surface area (Å²) in [5.41, 5.74) is 0.500. The summed E-state index contributed by atoms with van der Waals surface area (Å²) in [4.78, 5) is 3.49. The zero-order valence-corrected chi connectivity index (χ0v) is 14.6. The number of methoxy groups -OCH3 is 1. The number of aliphatic hydroxyl groups excluding tert-OH is 2. The summed E-state index contributed by atoms with van der Waals surface area (Å²) < 4.78 is 43.3. The van der Waals surface area contributed by atoms with Crippen LogP contribution < -0.4 is 10.1 Å². The maximum Gasteiger partial charge on any atom is 0.433 e. The van der Waals surface area contributed by atoms with Crippen LogP contribution in [-0.4, -0.2) is 40.6 Å². The normalized spacial score (nSPS) is 25.6. The molecule has 1 heterocycles. The summed E-state index contributed by atoms with van der Waals surface area (Å²) in [5.74, 6) is 0.347. The third-order valence-electron chi connectivity index (χ3n) is 4.87. The quantitative estimate of drug-likeness (QED) is 0.741. The number of hydrogen-bond acceptors (Lipinski definition) is 5. The molecule has 3 rings (SSSR count). The Hall–Kier alpha value is -2.16. The summed E-state index contributed by atoms with van der Waals surface area (Å²) in [6.45, 7) is 0.413. The first kappa shape index (κ1) is 19.6. The van der Waals surface area contributed by atoms with E-state index in [4.69, 9.17) is 4.74 Å². The van der Waals surface area contributed by atoms with Crippen molar-refractivity contribution in [2.24, 2.45) is 0 Å². The third kappa shape index (κ3) is 4.40. The zero-order chi connectivity index (χ0) is 19.6. The van der Waals surface area contributed by atoms with Gasteiger partial charge in [0.25, 0.3) is 0 Å². The highest BCUT2D eigenvalue weighted by Crippen LogP contribution is 2.36. The Bertz CT molecular complexity index is 768. The standard InChI is InChI=1S/C19H21F3N2O3/c1-27-13-4-2-3-11(7-13)9-24-17-14(8-15(25)18(17)26)12-5-6-16(23-10-12)19(20,21)22/h2-7,10,14-15,17-18,24-26H,8-9H2,1H3/t14-,15-,17-,18-/m1/s1. The van der Waals surface area contributed by atoms with Crippen LogP contribution in [0.2, 0.25) is 0 Å². The largest absolute Gasteiger partial charge is 0.497 e. The molecule has 1 saturated carbocycles. The van der Waals surface area contributed by atoms with Crippen LogP contribution in [0.4, 0.5) is 13.2 Å². The van der Waals surface area contributed by atoms with Gasteiger partial charge in [-0.1, -0.05) is 18.2 Å². The summed E-state index contributed by atoms with van der Waals surface area (Å²) in [7, 11) is 1.57. The van der Waals surface area contributed by atoms with Crippen molar-refractivity contribution in [3.05, 3.63) is 59.4 Å². The van der Waals surface area contributed by atoms with E-state index in [1.165, 1.54) is 12.3 Å². The van der Waals surface area contributed by atoms with Crippen LogP contribution in [0.25, 0.3) is 0 Å². The minimum atomic E-state index is -4.50. The molecule has 4 atom stereocenters. The van der Waals surface area contributed by atoms with E-state index < -0.39 is 30.1 Å². The van der Waals surface area contributed by atoms with Gasteiger partial charge < -0.3 is 20.3 Å². The third-order valence-corrected chi connectivity index (χ3v) is 4.87. The summed E-state index contributed by atoms with van der Waals surface area (Å²) in [6.07, 6.45) is -5.08. The molecule has 3 N–H and O–H groups in total. The van der Waals surface area contributed by atoms with E-state index in [0.717, 1.165) is 11.6 Å². The lowest BCUT2D eigenvalue weighted by molar-refractivity contribution is -0.141. The van der Waals surface area contributed by atoms with Crippen molar-refractivity contribution >= 4 is 0 Å². The molecule has 8 heteroatoms. The Kier molecular flexibility index (Phi) is 5.69. The van der Waals surface area contributed by atoms with Gasteiger partial charge in [0, 0.05) is 24.7 Å². The number of rotatable bonds is 5. The Morgan fingerprint density at radius 3 is 2.63 bits per heavy atom. The van der Waals surface area contributed by atoms with Gasteiger partial charge in [0.2, 0.25) is 0 Å². The van der Waals surface area contributed by atoms with Crippen LogP contribution in [0.5, 0.6) is 5.75 Å². The van der Waals surface area contributed by atoms with Crippen LogP contribution in [0.15, 0.2) is 42.6 Å². The molecular weight excluding hydrogens is 361 g/mol. The molecule has 1 aliphatic rings. The smallest absolute Gasteiger partial charge is 0.433 e. The first-order valence-corrected chi connectivity index (χ1v) is 8.55. The lowest BCUT2D eigenvalue weighted by Crippen LogP contribution is -2.41. The molecule has 1 aliphatic carbocycles. The van der Waals surface area contributed by atoms with Gasteiger partial charge in [0.05, 0.1) is 19.3 Å². The van der Waals surface area contributed by atoms with Crippen molar-refractivity contribution in [2.75, 3.05) is 7.11 Å². The zero-order valence-electron chi connectivity index (χ0n) is 14.6. The lowest BCUT2D eigenvalue weighted by atomic mass is 9.94. The van der Waals surface area contributed by atoms with Crippen LogP contribution in [-0.2, 0) is 12.7 Å². The molecule has 27 heavy (non-hydrogen) atoms. The molecule has 0 saturated heterocycles. The molecule has 2 aromatic rings. The molecule has 1 aromatic heterocycles. The maximum absolute atomic E-state index is 12.7. The minimum absolute atomic E-state index is 0.240. The van der Waals surface area contributed by atoms with Crippen molar-refractivity contribution < 1.29 is 28.1 Å². The number of hydrogen-bond donors (Lipinski definition) is 3. The number of nitrogens with one attached hydrogen (secondary N) is 1. The molecule has 0 unspecified atom stereocenters. The average Bonchev–Trinajstić information content (AvgIpc) is 2.94. The number of benzene rings is 1. The molecular formula is C19H21F3N2O3. The summed E-state index contributed by atoms with van der Waals surface area (Å²) in [6, 6.07) is 9.16. The molecule has 1 fully saturated rings. The fraction of sp³-hybridized carbons (Fsp3) is 0.421. The van der Waals surface area contributed by atoms with Gasteiger partial charge in [-0.05, 0) is 35.7 Å². The van der Waals surface area contributed by atoms with E-state index in [-0.39, 0.29) is 12.3 Å². The van der Waals surface area contributed by atoms with Crippen molar-refractivity contribution in [3.8, 4) is 5.75 Å². The van der Waals surface area contributed by atoms with Crippen LogP contribution >= 0.6 is 0 Å². The van der Waals surface area contributed by atoms with Gasteiger partial charge in [0.1, 0.15) is 11.4 Å². The predicted molar refractivity (Wildman–Crippen MR) is 92.2 cm³/mol. The van der Waals surface area contributed by atoms with E-state index in [2.05, 4.69) is 10.3 Å². The first-order valence-electron chi connectivity index (χ1n) is 8.55. The van der Waals surface area contributed by atoms with Crippen molar-refractivity contribution in [1.82, 2.24) is 10.3 Å². The van der Waals surface area contributed by atoms with Crippen molar-refractivity contribution in [3.63, 3.8) is 0 Å². The van der Waals surface area contributed by atoms with Gasteiger partial charge in [-0.25, -0.2) is 0 Å². The number of aromatic nitrogens is 1. The molecule has 0 radical (unpaired) electrons. The maximum atomic E-state index is 12.7. The lowest BCUT2D eigenvalue weighted by Gasteiger charge is -2.24. The number of nitrogens with zero attached hydrogens (tertiary/aromatic N) is 1. The molecule has 5 nitrogen and oxygen atoms in total. The van der Waals surface area contributed by atoms with Crippen molar-refractivity contribution in [1.29, 1.82) is 0 Å². The van der Waals surface area contributed by atoms with Crippen LogP contribution in [0.3, 0.4) is 0 Å². The SMILES string of the molecule is COc1cccc(CN[C@H]2[C@H](O)[C@H](O)C[C@@H]2c2ccc(C(F)(F)F)nc2)c1. The second-order valence-corrected chi connectivity index (χ2v) is 6.63. The van der Waals surface area contributed by atoms with E-state index >= 15 is 0 Å². The van der Waals surface area contributed by atoms with Gasteiger partial charge in [-0.3, -0.25) is 4.98 Å². The van der Waals surface area contributed by atoms with E-state index in [1.807, 2.05) is 24.3 Å². The highest BCUT2D eigenvalue weighted by molar-refractivity contribution is 5.29. The van der Waals surface area contributed by atoms with Gasteiger partial charge >= 0.3 is 6.18 Å². The van der Waals surface area contributed by atoms with Crippen LogP contribution in [0.1, 0.15) is 29.2 Å². The molecule has 1 aromatic carbocycles. The molecule has 0 aliphatic heterocycles. The Morgan fingerprint density at radius 2 is 2.00 bits per heavy atom. The van der Waals surface area contributed by atoms with Gasteiger partial charge in [-0.15, -0.1) is 0 Å². The molecule has 0 amide bonds. The highest BCUT2D eigenvalue weighted by Gasteiger charge is 2.42. The number of pyridine rings is 1. The number of halogens is 3. The molecule has 0 spiro atoms. The Balaban J connectivity index is 1.75. The Morgan fingerprint density at radius 1 is 1.22 bits per heavy atom. The van der Waals surface area contributed by atoms with E-state index in [0.29, 0.717) is 17.9 Å². The fourth-order valence-corrected chi connectivity index (χ4v) is 3.44. The average molecular weight is 382 g/mol. The second-order valence-electron chi connectivity index (χ2n) is 6.63. The number of aliphatic hydroxyl groups is 2.